The van der Waals surface area contributed by atoms with Gasteiger partial charge in [0.15, 0.2) is 0 Å². The normalized spacial score (nSPS) is 12.2. The molecule has 1 aromatic rings. The minimum absolute atomic E-state index is 0.0369. The van der Waals surface area contributed by atoms with Crippen LogP contribution in [0.3, 0.4) is 0 Å². The molecule has 88 valence electrons. The molecule has 1 aromatic carbocycles. The third-order valence-corrected chi connectivity index (χ3v) is 2.53. The summed E-state index contributed by atoms with van der Waals surface area (Å²) in [5.74, 6) is -0.0456. The van der Waals surface area contributed by atoms with Gasteiger partial charge in [0.25, 0.3) is 5.91 Å². The van der Waals surface area contributed by atoms with E-state index in [0.717, 1.165) is 17.5 Å². The lowest BCUT2D eigenvalue weighted by Crippen LogP contribution is -2.36. The molecule has 3 nitrogen and oxygen atoms in total. The summed E-state index contributed by atoms with van der Waals surface area (Å²) in [5.41, 5.74) is 8.66. The Labute approximate surface area is 97.0 Å². The first kappa shape index (κ1) is 12.7. The van der Waals surface area contributed by atoms with Gasteiger partial charge in [-0.3, -0.25) is 4.79 Å². The van der Waals surface area contributed by atoms with Gasteiger partial charge >= 0.3 is 0 Å². The number of carbonyl (C=O) groups is 1. The zero-order chi connectivity index (χ0) is 12.1. The summed E-state index contributed by atoms with van der Waals surface area (Å²) in [6.45, 7) is 6.51. The van der Waals surface area contributed by atoms with Crippen LogP contribution >= 0.6 is 0 Å². The summed E-state index contributed by atoms with van der Waals surface area (Å²) in [5, 5.41) is 2.84. The van der Waals surface area contributed by atoms with Crippen molar-refractivity contribution in [1.29, 1.82) is 0 Å². The lowest BCUT2D eigenvalue weighted by molar-refractivity contribution is 0.0951. The summed E-state index contributed by atoms with van der Waals surface area (Å²) in [6.07, 6.45) is 0.868. The molecule has 1 atom stereocenters. The fourth-order valence-corrected chi connectivity index (χ4v) is 1.58. The Morgan fingerprint density at radius 1 is 1.31 bits per heavy atom. The zero-order valence-electron chi connectivity index (χ0n) is 10.2. The van der Waals surface area contributed by atoms with Crippen LogP contribution in [0.25, 0.3) is 0 Å². The second-order valence-corrected chi connectivity index (χ2v) is 4.25. The molecule has 0 bridgehead atoms. The number of hydrogen-bond donors (Lipinski definition) is 2. The molecule has 3 N–H and O–H groups in total. The number of hydrogen-bond acceptors (Lipinski definition) is 2. The highest BCUT2D eigenvalue weighted by Gasteiger charge is 2.07. The van der Waals surface area contributed by atoms with Crippen molar-refractivity contribution in [3.63, 3.8) is 0 Å². The number of rotatable bonds is 4. The molecule has 0 spiro atoms. The number of nitrogens with one attached hydrogen (secondary N) is 1. The summed E-state index contributed by atoms with van der Waals surface area (Å²) in [4.78, 5) is 11.8. The van der Waals surface area contributed by atoms with Crippen LogP contribution in [0, 0.1) is 13.8 Å². The number of amides is 1. The fraction of sp³-hybridized carbons (Fsp3) is 0.462. The Morgan fingerprint density at radius 2 is 1.88 bits per heavy atom. The highest BCUT2D eigenvalue weighted by molar-refractivity contribution is 5.94. The van der Waals surface area contributed by atoms with E-state index in [1.165, 1.54) is 0 Å². The van der Waals surface area contributed by atoms with Crippen molar-refractivity contribution in [2.24, 2.45) is 5.73 Å². The average Bonchev–Trinajstić information content (AvgIpc) is 2.23. The number of benzene rings is 1. The van der Waals surface area contributed by atoms with Crippen molar-refractivity contribution >= 4 is 5.91 Å². The molecule has 0 fully saturated rings. The van der Waals surface area contributed by atoms with Crippen molar-refractivity contribution in [2.45, 2.75) is 33.2 Å². The standard InChI is InChI=1S/C13H20N2O/c1-4-12(14)8-15-13(16)11-6-9(2)5-10(3)7-11/h5-7,12H,4,8,14H2,1-3H3,(H,15,16). The monoisotopic (exact) mass is 220 g/mol. The predicted octanol–water partition coefficient (Wildman–Crippen LogP) is 1.77. The van der Waals surface area contributed by atoms with Gasteiger partial charge in [-0.2, -0.15) is 0 Å². The van der Waals surface area contributed by atoms with Gasteiger partial charge in [0.2, 0.25) is 0 Å². The van der Waals surface area contributed by atoms with Crippen molar-refractivity contribution in [3.05, 3.63) is 34.9 Å². The van der Waals surface area contributed by atoms with Gasteiger partial charge < -0.3 is 11.1 Å². The van der Waals surface area contributed by atoms with Crippen LogP contribution in [0.15, 0.2) is 18.2 Å². The Kier molecular flexibility index (Phi) is 4.50. The van der Waals surface area contributed by atoms with Gasteiger partial charge in [-0.05, 0) is 32.4 Å². The lowest BCUT2D eigenvalue weighted by atomic mass is 10.1. The molecule has 1 amide bonds. The molecule has 0 aliphatic carbocycles. The van der Waals surface area contributed by atoms with Gasteiger partial charge in [0.1, 0.15) is 0 Å². The second-order valence-electron chi connectivity index (χ2n) is 4.25. The largest absolute Gasteiger partial charge is 0.350 e. The van der Waals surface area contributed by atoms with E-state index < -0.39 is 0 Å². The quantitative estimate of drug-likeness (QED) is 0.812. The van der Waals surface area contributed by atoms with Gasteiger partial charge in [-0.1, -0.05) is 24.1 Å². The SMILES string of the molecule is CCC(N)CNC(=O)c1cc(C)cc(C)c1. The Bertz CT molecular complexity index is 354. The molecule has 0 heterocycles. The van der Waals surface area contributed by atoms with Gasteiger partial charge in [-0.25, -0.2) is 0 Å². The third-order valence-electron chi connectivity index (χ3n) is 2.53. The van der Waals surface area contributed by atoms with Crippen molar-refractivity contribution < 1.29 is 4.79 Å². The summed E-state index contributed by atoms with van der Waals surface area (Å²) in [6, 6.07) is 5.86. The first-order valence-corrected chi connectivity index (χ1v) is 5.65. The van der Waals surface area contributed by atoms with Crippen molar-refractivity contribution in [2.75, 3.05) is 6.54 Å². The summed E-state index contributed by atoms with van der Waals surface area (Å²) in [7, 11) is 0. The molecule has 1 unspecified atom stereocenters. The first-order chi connectivity index (χ1) is 7.52. The van der Waals surface area contributed by atoms with Crippen LogP contribution in [0.5, 0.6) is 0 Å². The van der Waals surface area contributed by atoms with Crippen molar-refractivity contribution in [3.8, 4) is 0 Å². The van der Waals surface area contributed by atoms with Crippen LogP contribution in [-0.2, 0) is 0 Å². The Hall–Kier alpha value is -1.35. The Balaban J connectivity index is 2.66. The maximum absolute atomic E-state index is 11.8. The highest BCUT2D eigenvalue weighted by atomic mass is 16.1. The molecule has 0 radical (unpaired) electrons. The van der Waals surface area contributed by atoms with E-state index >= 15 is 0 Å². The van der Waals surface area contributed by atoms with Crippen LogP contribution in [0.4, 0.5) is 0 Å². The maximum Gasteiger partial charge on any atom is 0.251 e. The predicted molar refractivity (Wildman–Crippen MR) is 66.5 cm³/mol. The average molecular weight is 220 g/mol. The van der Waals surface area contributed by atoms with Gasteiger partial charge in [0, 0.05) is 18.2 Å². The minimum Gasteiger partial charge on any atom is -0.350 e. The molecule has 1 rings (SSSR count). The molecule has 3 heteroatoms. The smallest absolute Gasteiger partial charge is 0.251 e. The van der Waals surface area contributed by atoms with E-state index in [0.29, 0.717) is 12.1 Å². The number of carbonyl (C=O) groups excluding carboxylic acids is 1. The molecule has 0 aromatic heterocycles. The molecule has 0 saturated heterocycles. The van der Waals surface area contributed by atoms with E-state index in [4.69, 9.17) is 5.73 Å². The zero-order valence-corrected chi connectivity index (χ0v) is 10.2. The molecule has 16 heavy (non-hydrogen) atoms. The summed E-state index contributed by atoms with van der Waals surface area (Å²) < 4.78 is 0. The van der Waals surface area contributed by atoms with Crippen LogP contribution in [0.1, 0.15) is 34.8 Å². The number of aryl methyl sites for hydroxylation is 2. The van der Waals surface area contributed by atoms with E-state index in [9.17, 15) is 4.79 Å². The topological polar surface area (TPSA) is 55.1 Å². The van der Waals surface area contributed by atoms with Crippen LogP contribution in [-0.4, -0.2) is 18.5 Å². The molecule has 0 aliphatic rings. The summed E-state index contributed by atoms with van der Waals surface area (Å²) >= 11 is 0. The van der Waals surface area contributed by atoms with E-state index in [1.54, 1.807) is 0 Å². The maximum atomic E-state index is 11.8. The molecule has 0 aliphatic heterocycles. The molecular formula is C13H20N2O. The fourth-order valence-electron chi connectivity index (χ4n) is 1.58. The van der Waals surface area contributed by atoms with Crippen LogP contribution in [0.2, 0.25) is 0 Å². The van der Waals surface area contributed by atoms with Gasteiger partial charge in [-0.15, -0.1) is 0 Å². The second kappa shape index (κ2) is 5.66. The van der Waals surface area contributed by atoms with Crippen LogP contribution < -0.4 is 11.1 Å². The Morgan fingerprint density at radius 3 is 2.38 bits per heavy atom. The van der Waals surface area contributed by atoms with E-state index in [-0.39, 0.29) is 11.9 Å². The molecule has 0 saturated carbocycles. The lowest BCUT2D eigenvalue weighted by Gasteiger charge is -2.11. The third kappa shape index (κ3) is 3.66. The van der Waals surface area contributed by atoms with E-state index in [1.807, 2.05) is 32.9 Å². The molecular weight excluding hydrogens is 200 g/mol. The minimum atomic E-state index is -0.0456. The highest BCUT2D eigenvalue weighted by Crippen LogP contribution is 2.08. The first-order valence-electron chi connectivity index (χ1n) is 5.65. The van der Waals surface area contributed by atoms with Gasteiger partial charge in [0.05, 0.1) is 0 Å². The van der Waals surface area contributed by atoms with E-state index in [2.05, 4.69) is 11.4 Å². The van der Waals surface area contributed by atoms with Crippen molar-refractivity contribution in [1.82, 2.24) is 5.32 Å². The number of nitrogens with two attached hydrogens (primary N) is 1.